The Labute approximate surface area is 125 Å². The summed E-state index contributed by atoms with van der Waals surface area (Å²) in [4.78, 5) is 4.31. The van der Waals surface area contributed by atoms with E-state index in [1.54, 1.807) is 6.20 Å². The fourth-order valence-corrected chi connectivity index (χ4v) is 2.65. The van der Waals surface area contributed by atoms with E-state index in [9.17, 15) is 5.11 Å². The van der Waals surface area contributed by atoms with Crippen LogP contribution in [0.2, 0.25) is 0 Å². The molecule has 3 rings (SSSR count). The smallest absolute Gasteiger partial charge is 0.0830 e. The number of aliphatic hydroxyl groups excluding tert-OH is 1. The summed E-state index contributed by atoms with van der Waals surface area (Å²) in [7, 11) is 0. The van der Waals surface area contributed by atoms with Gasteiger partial charge in [-0.1, -0.05) is 35.9 Å². The van der Waals surface area contributed by atoms with Crippen LogP contribution in [0.5, 0.6) is 0 Å². The molecule has 1 atom stereocenters. The van der Waals surface area contributed by atoms with Crippen LogP contribution >= 0.6 is 0 Å². The third-order valence-corrected chi connectivity index (χ3v) is 3.93. The Kier molecular flexibility index (Phi) is 3.72. The quantitative estimate of drug-likeness (QED) is 0.781. The molecule has 2 aromatic carbocycles. The van der Waals surface area contributed by atoms with Crippen molar-refractivity contribution in [2.45, 2.75) is 26.4 Å². The second-order valence-corrected chi connectivity index (χ2v) is 5.61. The molecule has 0 saturated heterocycles. The first-order chi connectivity index (χ1) is 10.1. The zero-order chi connectivity index (χ0) is 14.8. The van der Waals surface area contributed by atoms with Crippen LogP contribution in [0.25, 0.3) is 10.9 Å². The predicted octanol–water partition coefficient (Wildman–Crippen LogP) is 4.13. The maximum atomic E-state index is 10.5. The number of fused-ring (bicyclic) bond motifs is 1. The van der Waals surface area contributed by atoms with E-state index in [1.807, 2.05) is 30.3 Å². The molecule has 0 amide bonds. The maximum Gasteiger partial charge on any atom is 0.0830 e. The van der Waals surface area contributed by atoms with Crippen LogP contribution < -0.4 is 0 Å². The number of nitrogens with zero attached hydrogens (tertiary/aromatic N) is 1. The van der Waals surface area contributed by atoms with Crippen molar-refractivity contribution in [3.8, 4) is 0 Å². The third-order valence-electron chi connectivity index (χ3n) is 3.93. The van der Waals surface area contributed by atoms with Gasteiger partial charge in [0.15, 0.2) is 0 Å². The first kappa shape index (κ1) is 13.8. The van der Waals surface area contributed by atoms with Gasteiger partial charge in [-0.05, 0) is 48.7 Å². The van der Waals surface area contributed by atoms with E-state index in [1.165, 1.54) is 16.7 Å². The van der Waals surface area contributed by atoms with E-state index in [-0.39, 0.29) is 0 Å². The molecule has 0 aliphatic carbocycles. The van der Waals surface area contributed by atoms with E-state index in [4.69, 9.17) is 0 Å². The van der Waals surface area contributed by atoms with Crippen LogP contribution in [0.1, 0.15) is 28.4 Å². The number of rotatable bonds is 3. The summed E-state index contributed by atoms with van der Waals surface area (Å²) in [6.45, 7) is 4.17. The zero-order valence-corrected chi connectivity index (χ0v) is 12.4. The average Bonchev–Trinajstić information content (AvgIpc) is 2.50. The normalized spacial score (nSPS) is 12.5. The average molecular weight is 277 g/mol. The van der Waals surface area contributed by atoms with Crippen molar-refractivity contribution in [1.82, 2.24) is 4.98 Å². The molecular weight excluding hydrogens is 258 g/mol. The number of hydrogen-bond donors (Lipinski definition) is 1. The number of aromatic nitrogens is 1. The molecule has 0 bridgehead atoms. The number of hydrogen-bond acceptors (Lipinski definition) is 2. The van der Waals surface area contributed by atoms with E-state index in [0.29, 0.717) is 6.42 Å². The fourth-order valence-electron chi connectivity index (χ4n) is 2.65. The molecule has 1 aromatic heterocycles. The molecule has 1 N–H and O–H groups in total. The summed E-state index contributed by atoms with van der Waals surface area (Å²) in [5, 5.41) is 11.6. The molecule has 3 aromatic rings. The van der Waals surface area contributed by atoms with Crippen LogP contribution in [0.15, 0.2) is 54.7 Å². The third kappa shape index (κ3) is 2.96. The number of aliphatic hydroxyl groups is 1. The van der Waals surface area contributed by atoms with E-state index < -0.39 is 6.10 Å². The molecule has 106 valence electrons. The summed E-state index contributed by atoms with van der Waals surface area (Å²) in [5.41, 5.74) is 5.55. The SMILES string of the molecule is Cc1ccc(C)c(CC(O)c2ccc3ncccc3c2)c1. The molecule has 1 heterocycles. The van der Waals surface area contributed by atoms with Crippen LogP contribution in [-0.4, -0.2) is 10.1 Å². The van der Waals surface area contributed by atoms with Gasteiger partial charge >= 0.3 is 0 Å². The lowest BCUT2D eigenvalue weighted by molar-refractivity contribution is 0.178. The van der Waals surface area contributed by atoms with Crippen molar-refractivity contribution in [2.75, 3.05) is 0 Å². The Morgan fingerprint density at radius 3 is 2.76 bits per heavy atom. The minimum atomic E-state index is -0.491. The van der Waals surface area contributed by atoms with Crippen LogP contribution in [0.4, 0.5) is 0 Å². The van der Waals surface area contributed by atoms with Gasteiger partial charge in [-0.2, -0.15) is 0 Å². The fraction of sp³-hybridized carbons (Fsp3) is 0.211. The summed E-state index contributed by atoms with van der Waals surface area (Å²) in [6.07, 6.45) is 1.93. The second-order valence-electron chi connectivity index (χ2n) is 5.61. The Morgan fingerprint density at radius 2 is 1.90 bits per heavy atom. The monoisotopic (exact) mass is 277 g/mol. The second kappa shape index (κ2) is 5.66. The zero-order valence-electron chi connectivity index (χ0n) is 12.4. The summed E-state index contributed by atoms with van der Waals surface area (Å²) >= 11 is 0. The lowest BCUT2D eigenvalue weighted by atomic mass is 9.96. The summed E-state index contributed by atoms with van der Waals surface area (Å²) < 4.78 is 0. The molecule has 21 heavy (non-hydrogen) atoms. The van der Waals surface area contributed by atoms with E-state index >= 15 is 0 Å². The molecule has 0 aliphatic rings. The summed E-state index contributed by atoms with van der Waals surface area (Å²) in [5.74, 6) is 0. The largest absolute Gasteiger partial charge is 0.388 e. The minimum Gasteiger partial charge on any atom is -0.388 e. The van der Waals surface area contributed by atoms with Gasteiger partial charge in [0.2, 0.25) is 0 Å². The van der Waals surface area contributed by atoms with Crippen LogP contribution in [0.3, 0.4) is 0 Å². The summed E-state index contributed by atoms with van der Waals surface area (Å²) in [6, 6.07) is 16.3. The van der Waals surface area contributed by atoms with Gasteiger partial charge < -0.3 is 5.11 Å². The first-order valence-corrected chi connectivity index (χ1v) is 7.22. The van der Waals surface area contributed by atoms with Crippen LogP contribution in [-0.2, 0) is 6.42 Å². The van der Waals surface area contributed by atoms with Crippen molar-refractivity contribution in [1.29, 1.82) is 0 Å². The molecule has 2 nitrogen and oxygen atoms in total. The van der Waals surface area contributed by atoms with Crippen molar-refractivity contribution >= 4 is 10.9 Å². The van der Waals surface area contributed by atoms with Gasteiger partial charge in [0, 0.05) is 18.0 Å². The van der Waals surface area contributed by atoms with E-state index in [0.717, 1.165) is 16.5 Å². The minimum absolute atomic E-state index is 0.491. The van der Waals surface area contributed by atoms with Gasteiger partial charge in [0.25, 0.3) is 0 Å². The van der Waals surface area contributed by atoms with Crippen molar-refractivity contribution in [3.05, 3.63) is 77.0 Å². The molecule has 0 aliphatic heterocycles. The highest BCUT2D eigenvalue weighted by Crippen LogP contribution is 2.24. The topological polar surface area (TPSA) is 33.1 Å². The lowest BCUT2D eigenvalue weighted by Gasteiger charge is -2.14. The molecule has 1 unspecified atom stereocenters. The standard InChI is InChI=1S/C19H19NO/c1-13-5-6-14(2)17(10-13)12-19(21)16-7-8-18-15(11-16)4-3-9-20-18/h3-11,19,21H,12H2,1-2H3. The number of benzene rings is 2. The Hall–Kier alpha value is -2.19. The Bertz CT molecular complexity index is 779. The van der Waals surface area contributed by atoms with Crippen molar-refractivity contribution < 1.29 is 5.11 Å². The highest BCUT2D eigenvalue weighted by molar-refractivity contribution is 5.79. The Balaban J connectivity index is 1.89. The lowest BCUT2D eigenvalue weighted by Crippen LogP contribution is -2.03. The highest BCUT2D eigenvalue weighted by atomic mass is 16.3. The van der Waals surface area contributed by atoms with Crippen LogP contribution in [0, 0.1) is 13.8 Å². The molecular formula is C19H19NO. The molecule has 0 radical (unpaired) electrons. The molecule has 0 spiro atoms. The van der Waals surface area contributed by atoms with Gasteiger partial charge in [0.05, 0.1) is 11.6 Å². The van der Waals surface area contributed by atoms with Crippen molar-refractivity contribution in [2.24, 2.45) is 0 Å². The van der Waals surface area contributed by atoms with Gasteiger partial charge in [-0.25, -0.2) is 0 Å². The number of pyridine rings is 1. The van der Waals surface area contributed by atoms with Gasteiger partial charge in [-0.15, -0.1) is 0 Å². The van der Waals surface area contributed by atoms with Gasteiger partial charge in [-0.3, -0.25) is 4.98 Å². The highest BCUT2D eigenvalue weighted by Gasteiger charge is 2.11. The Morgan fingerprint density at radius 1 is 1.05 bits per heavy atom. The molecule has 0 saturated carbocycles. The molecule has 2 heteroatoms. The van der Waals surface area contributed by atoms with Gasteiger partial charge in [0.1, 0.15) is 0 Å². The van der Waals surface area contributed by atoms with Crippen molar-refractivity contribution in [3.63, 3.8) is 0 Å². The predicted molar refractivity (Wildman–Crippen MR) is 86.3 cm³/mol. The molecule has 0 fully saturated rings. The maximum absolute atomic E-state index is 10.5. The van der Waals surface area contributed by atoms with E-state index in [2.05, 4.69) is 37.0 Å². The first-order valence-electron chi connectivity index (χ1n) is 7.22. The number of aryl methyl sites for hydroxylation is 2.